The van der Waals surface area contributed by atoms with Crippen LogP contribution in [0.15, 0.2) is 4.99 Å². The van der Waals surface area contributed by atoms with E-state index in [1.807, 2.05) is 6.92 Å². The van der Waals surface area contributed by atoms with Gasteiger partial charge in [0.05, 0.1) is 0 Å². The number of hydrogen-bond donors (Lipinski definition) is 2. The maximum Gasteiger partial charge on any atom is 0.241 e. The number of thioether (sulfide) groups is 1. The molecule has 2 N–H and O–H groups in total. The van der Waals surface area contributed by atoms with Crippen molar-refractivity contribution in [1.82, 2.24) is 10.6 Å². The second kappa shape index (κ2) is 6.89. The summed E-state index contributed by atoms with van der Waals surface area (Å²) in [6, 6.07) is 0. The smallest absolute Gasteiger partial charge is 0.241 e. The molecule has 1 saturated heterocycles. The highest BCUT2D eigenvalue weighted by Crippen LogP contribution is 2.28. The summed E-state index contributed by atoms with van der Waals surface area (Å²) < 4.78 is 0. The predicted octanol–water partition coefficient (Wildman–Crippen LogP) is 1.76. The normalized spacial score (nSPS) is 20.3. The Morgan fingerprint density at radius 3 is 2.71 bits per heavy atom. The SMILES string of the molecule is CCCNC(=O)CN=C1NC(CC)(CC)CS1. The lowest BCUT2D eigenvalue weighted by molar-refractivity contribution is -0.119. The Balaban J connectivity index is 2.40. The first-order valence-corrected chi connectivity index (χ1v) is 7.36. The standard InChI is InChI=1S/C12H23N3OS/c1-4-7-13-10(16)8-14-11-15-12(5-2,6-3)9-17-11/h4-9H2,1-3H3,(H,13,16)(H,14,15). The minimum atomic E-state index is 0.00671. The molecule has 0 saturated carbocycles. The number of hydrogen-bond acceptors (Lipinski definition) is 3. The van der Waals surface area contributed by atoms with Gasteiger partial charge in [0.15, 0.2) is 5.17 Å². The fourth-order valence-corrected chi connectivity index (χ4v) is 3.02. The van der Waals surface area contributed by atoms with Crippen LogP contribution in [0.25, 0.3) is 0 Å². The largest absolute Gasteiger partial charge is 0.359 e. The first-order valence-electron chi connectivity index (χ1n) is 6.38. The zero-order chi connectivity index (χ0) is 12.7. The molecule has 0 radical (unpaired) electrons. The van der Waals surface area contributed by atoms with E-state index < -0.39 is 0 Å². The molecule has 0 aromatic carbocycles. The quantitative estimate of drug-likeness (QED) is 0.762. The lowest BCUT2D eigenvalue weighted by atomic mass is 9.96. The Kier molecular flexibility index (Phi) is 5.82. The summed E-state index contributed by atoms with van der Waals surface area (Å²) in [5, 5.41) is 7.19. The summed E-state index contributed by atoms with van der Waals surface area (Å²) >= 11 is 1.72. The third-order valence-electron chi connectivity index (χ3n) is 3.15. The molecule has 5 heteroatoms. The summed E-state index contributed by atoms with van der Waals surface area (Å²) in [5.74, 6) is 1.06. The molecule has 98 valence electrons. The molecule has 0 spiro atoms. The van der Waals surface area contributed by atoms with Crippen molar-refractivity contribution < 1.29 is 4.79 Å². The van der Waals surface area contributed by atoms with Crippen LogP contribution in [0.3, 0.4) is 0 Å². The first kappa shape index (κ1) is 14.4. The van der Waals surface area contributed by atoms with Gasteiger partial charge in [-0.25, -0.2) is 0 Å². The highest BCUT2D eigenvalue weighted by atomic mass is 32.2. The van der Waals surface area contributed by atoms with Crippen LogP contribution in [-0.2, 0) is 4.79 Å². The van der Waals surface area contributed by atoms with Crippen LogP contribution in [-0.4, -0.2) is 35.5 Å². The molecule has 0 aromatic rings. The van der Waals surface area contributed by atoms with Crippen molar-refractivity contribution in [2.75, 3.05) is 18.8 Å². The van der Waals surface area contributed by atoms with Crippen molar-refractivity contribution in [3.8, 4) is 0 Å². The lowest BCUT2D eigenvalue weighted by Crippen LogP contribution is -2.42. The Labute approximate surface area is 108 Å². The van der Waals surface area contributed by atoms with E-state index in [1.54, 1.807) is 11.8 Å². The number of amidine groups is 1. The van der Waals surface area contributed by atoms with Crippen molar-refractivity contribution in [2.24, 2.45) is 4.99 Å². The van der Waals surface area contributed by atoms with E-state index in [9.17, 15) is 4.79 Å². The number of aliphatic imine (C=N–C) groups is 1. The van der Waals surface area contributed by atoms with Crippen LogP contribution in [0.2, 0.25) is 0 Å². The van der Waals surface area contributed by atoms with Gasteiger partial charge < -0.3 is 10.6 Å². The van der Waals surface area contributed by atoms with Gasteiger partial charge in [0.2, 0.25) is 5.91 Å². The molecule has 0 aliphatic carbocycles. The molecular formula is C12H23N3OS. The van der Waals surface area contributed by atoms with Crippen LogP contribution in [0.5, 0.6) is 0 Å². The minimum Gasteiger partial charge on any atom is -0.359 e. The van der Waals surface area contributed by atoms with Crippen molar-refractivity contribution in [1.29, 1.82) is 0 Å². The van der Waals surface area contributed by atoms with E-state index in [0.29, 0.717) is 0 Å². The molecule has 1 rings (SSSR count). The van der Waals surface area contributed by atoms with E-state index >= 15 is 0 Å². The van der Waals surface area contributed by atoms with Gasteiger partial charge in [0.1, 0.15) is 6.54 Å². The van der Waals surface area contributed by atoms with Crippen molar-refractivity contribution in [3.63, 3.8) is 0 Å². The Bertz CT molecular complexity index is 287. The number of carbonyl (C=O) groups excluding carboxylic acids is 1. The Hall–Kier alpha value is -0.710. The van der Waals surface area contributed by atoms with E-state index in [1.165, 1.54) is 0 Å². The van der Waals surface area contributed by atoms with Crippen LogP contribution in [0.4, 0.5) is 0 Å². The fourth-order valence-electron chi connectivity index (χ4n) is 1.69. The zero-order valence-corrected chi connectivity index (χ0v) is 11.8. The molecular weight excluding hydrogens is 234 g/mol. The second-order valence-corrected chi connectivity index (χ2v) is 5.34. The van der Waals surface area contributed by atoms with Gasteiger partial charge in [0, 0.05) is 17.8 Å². The van der Waals surface area contributed by atoms with Crippen LogP contribution in [0.1, 0.15) is 40.0 Å². The molecule has 1 fully saturated rings. The van der Waals surface area contributed by atoms with Gasteiger partial charge in [0.25, 0.3) is 0 Å². The summed E-state index contributed by atoms with van der Waals surface area (Å²) in [6.07, 6.45) is 3.15. The van der Waals surface area contributed by atoms with Crippen LogP contribution in [0, 0.1) is 0 Å². The molecule has 0 atom stereocenters. The molecule has 1 heterocycles. The number of nitrogens with one attached hydrogen (secondary N) is 2. The Morgan fingerprint density at radius 1 is 1.47 bits per heavy atom. The van der Waals surface area contributed by atoms with Crippen molar-refractivity contribution in [3.05, 3.63) is 0 Å². The molecule has 0 bridgehead atoms. The van der Waals surface area contributed by atoms with Crippen molar-refractivity contribution >= 4 is 22.8 Å². The molecule has 1 amide bonds. The number of carbonyl (C=O) groups is 1. The summed E-state index contributed by atoms with van der Waals surface area (Å²) in [7, 11) is 0. The van der Waals surface area contributed by atoms with Gasteiger partial charge in [-0.2, -0.15) is 0 Å². The van der Waals surface area contributed by atoms with Gasteiger partial charge in [-0.05, 0) is 19.3 Å². The number of rotatable bonds is 6. The Morgan fingerprint density at radius 2 is 2.18 bits per heavy atom. The molecule has 0 aromatic heterocycles. The highest BCUT2D eigenvalue weighted by molar-refractivity contribution is 8.14. The van der Waals surface area contributed by atoms with Gasteiger partial charge >= 0.3 is 0 Å². The number of amides is 1. The average Bonchev–Trinajstić information content (AvgIpc) is 2.78. The zero-order valence-electron chi connectivity index (χ0n) is 11.0. The third kappa shape index (κ3) is 4.22. The molecule has 4 nitrogen and oxygen atoms in total. The first-order chi connectivity index (χ1) is 8.15. The van der Waals surface area contributed by atoms with Gasteiger partial charge in [-0.15, -0.1) is 0 Å². The number of nitrogens with zero attached hydrogens (tertiary/aromatic N) is 1. The topological polar surface area (TPSA) is 53.5 Å². The van der Waals surface area contributed by atoms with Crippen molar-refractivity contribution in [2.45, 2.75) is 45.6 Å². The van der Waals surface area contributed by atoms with E-state index in [0.717, 1.165) is 36.7 Å². The maximum absolute atomic E-state index is 11.4. The minimum absolute atomic E-state index is 0.00671. The molecule has 1 aliphatic rings. The van der Waals surface area contributed by atoms with E-state index in [-0.39, 0.29) is 18.0 Å². The summed E-state index contributed by atoms with van der Waals surface area (Å²) in [6.45, 7) is 7.39. The maximum atomic E-state index is 11.4. The fraction of sp³-hybridized carbons (Fsp3) is 0.833. The lowest BCUT2D eigenvalue weighted by Gasteiger charge is -2.25. The summed E-state index contributed by atoms with van der Waals surface area (Å²) in [5.41, 5.74) is 0.184. The monoisotopic (exact) mass is 257 g/mol. The average molecular weight is 257 g/mol. The van der Waals surface area contributed by atoms with Crippen LogP contribution >= 0.6 is 11.8 Å². The molecule has 0 unspecified atom stereocenters. The highest BCUT2D eigenvalue weighted by Gasteiger charge is 2.33. The van der Waals surface area contributed by atoms with Gasteiger partial charge in [-0.3, -0.25) is 9.79 Å². The predicted molar refractivity (Wildman–Crippen MR) is 74.5 cm³/mol. The van der Waals surface area contributed by atoms with Gasteiger partial charge in [-0.1, -0.05) is 32.5 Å². The van der Waals surface area contributed by atoms with E-state index in [2.05, 4.69) is 29.5 Å². The molecule has 1 aliphatic heterocycles. The van der Waals surface area contributed by atoms with Crippen LogP contribution < -0.4 is 10.6 Å². The molecule has 17 heavy (non-hydrogen) atoms. The van der Waals surface area contributed by atoms with E-state index in [4.69, 9.17) is 0 Å². The second-order valence-electron chi connectivity index (χ2n) is 4.37. The summed E-state index contributed by atoms with van der Waals surface area (Å²) in [4.78, 5) is 15.7. The third-order valence-corrected chi connectivity index (χ3v) is 4.35.